The smallest absolute Gasteiger partial charge is 0.0636 e. The second kappa shape index (κ2) is 8.66. The summed E-state index contributed by atoms with van der Waals surface area (Å²) in [6.07, 6.45) is 2.65. The van der Waals surface area contributed by atoms with Gasteiger partial charge in [0, 0.05) is 22.7 Å². The van der Waals surface area contributed by atoms with Crippen LogP contribution in [-0.2, 0) is 6.54 Å². The summed E-state index contributed by atoms with van der Waals surface area (Å²) in [4.78, 5) is 2.47. The Kier molecular flexibility index (Phi) is 6.30. The molecule has 3 nitrogen and oxygen atoms in total. The summed E-state index contributed by atoms with van der Waals surface area (Å²) in [5.74, 6) is 0. The Labute approximate surface area is 159 Å². The van der Waals surface area contributed by atoms with Gasteiger partial charge in [-0.2, -0.15) is 5.26 Å². The molecule has 1 saturated heterocycles. The van der Waals surface area contributed by atoms with Crippen LogP contribution in [-0.4, -0.2) is 22.7 Å². The van der Waals surface area contributed by atoms with Gasteiger partial charge in [-0.3, -0.25) is 4.90 Å². The van der Waals surface area contributed by atoms with Crippen molar-refractivity contribution in [2.24, 2.45) is 0 Å². The van der Waals surface area contributed by atoms with Crippen LogP contribution in [0.4, 0.5) is 11.4 Å². The molecule has 2 aromatic rings. The Morgan fingerprint density at radius 2 is 1.68 bits per heavy atom. The molecule has 5 heteroatoms. The van der Waals surface area contributed by atoms with Gasteiger partial charge in [-0.25, -0.2) is 0 Å². The summed E-state index contributed by atoms with van der Waals surface area (Å²) in [6, 6.07) is 21.2. The molecule has 0 spiro atoms. The van der Waals surface area contributed by atoms with E-state index in [9.17, 15) is 0 Å². The molecule has 0 amide bonds. The molecule has 0 aromatic heterocycles. The zero-order valence-corrected chi connectivity index (χ0v) is 15.9. The van der Waals surface area contributed by atoms with Crippen LogP contribution in [0.3, 0.4) is 0 Å². The largest absolute Gasteiger partial charge is 0.356 e. The van der Waals surface area contributed by atoms with E-state index in [4.69, 9.17) is 5.26 Å². The predicted octanol–water partition coefficient (Wildman–Crippen LogP) is 5.26. The summed E-state index contributed by atoms with van der Waals surface area (Å²) < 4.78 is 0.0395. The highest BCUT2D eigenvalue weighted by atomic mass is 33.1. The molecule has 0 unspecified atom stereocenters. The number of nitriles is 1. The molecule has 1 aliphatic heterocycles. The monoisotopic (exact) mass is 369 g/mol. The lowest BCUT2D eigenvalue weighted by Crippen LogP contribution is -2.41. The third kappa shape index (κ3) is 4.94. The van der Waals surface area contributed by atoms with Crippen LogP contribution in [0.25, 0.3) is 0 Å². The van der Waals surface area contributed by atoms with Crippen LogP contribution in [0.5, 0.6) is 0 Å². The van der Waals surface area contributed by atoms with E-state index in [1.807, 2.05) is 18.2 Å². The van der Waals surface area contributed by atoms with Gasteiger partial charge in [-0.05, 0) is 55.8 Å². The number of thiol groups is 1. The molecule has 1 fully saturated rings. The molecule has 1 N–H and O–H groups in total. The highest BCUT2D eigenvalue weighted by molar-refractivity contribution is 8.69. The molecule has 2 aromatic carbocycles. The highest BCUT2D eigenvalue weighted by Gasteiger charge is 2.34. The van der Waals surface area contributed by atoms with E-state index in [-0.39, 0.29) is 4.75 Å². The summed E-state index contributed by atoms with van der Waals surface area (Å²) in [6.45, 7) is 3.02. The summed E-state index contributed by atoms with van der Waals surface area (Å²) >= 11 is 4.40. The van der Waals surface area contributed by atoms with E-state index >= 15 is 0 Å². The van der Waals surface area contributed by atoms with Crippen molar-refractivity contribution in [3.63, 3.8) is 0 Å². The zero-order chi connectivity index (χ0) is 17.5. The van der Waals surface area contributed by atoms with Crippen molar-refractivity contribution in [1.82, 2.24) is 4.90 Å². The maximum absolute atomic E-state index is 9.03. The van der Waals surface area contributed by atoms with Gasteiger partial charge in [-0.15, -0.1) is 11.7 Å². The first-order valence-corrected chi connectivity index (χ1v) is 10.4. The number of anilines is 2. The Morgan fingerprint density at radius 3 is 2.28 bits per heavy atom. The van der Waals surface area contributed by atoms with Crippen molar-refractivity contribution >= 4 is 33.8 Å². The minimum atomic E-state index is 0.0395. The molecule has 25 heavy (non-hydrogen) atoms. The van der Waals surface area contributed by atoms with E-state index in [2.05, 4.69) is 64.3 Å². The fourth-order valence-electron chi connectivity index (χ4n) is 3.20. The van der Waals surface area contributed by atoms with Crippen molar-refractivity contribution in [2.45, 2.75) is 30.6 Å². The predicted molar refractivity (Wildman–Crippen MR) is 110 cm³/mol. The standard InChI is InChI=1S/C20H23N3S2/c21-13-10-20(25-24)11-14-23(15-12-20)16-17-6-8-19(9-7-17)22-18-4-2-1-3-5-18/h1-9,22,24H,10-12,14-16H2. The average molecular weight is 370 g/mol. The van der Waals surface area contributed by atoms with Gasteiger partial charge >= 0.3 is 0 Å². The van der Waals surface area contributed by atoms with Crippen LogP contribution in [0.15, 0.2) is 54.6 Å². The summed E-state index contributed by atoms with van der Waals surface area (Å²) in [5.41, 5.74) is 3.53. The highest BCUT2D eigenvalue weighted by Crippen LogP contribution is 2.41. The second-order valence-corrected chi connectivity index (χ2v) is 8.17. The quantitative estimate of drug-likeness (QED) is 0.538. The van der Waals surface area contributed by atoms with Gasteiger partial charge in [0.1, 0.15) is 0 Å². The summed E-state index contributed by atoms with van der Waals surface area (Å²) in [7, 11) is 1.57. The minimum absolute atomic E-state index is 0.0395. The van der Waals surface area contributed by atoms with Gasteiger partial charge in [-0.1, -0.05) is 41.1 Å². The molecule has 1 aliphatic rings. The first kappa shape index (κ1) is 18.2. The van der Waals surface area contributed by atoms with Crippen molar-refractivity contribution in [1.29, 1.82) is 5.26 Å². The number of benzene rings is 2. The molecule has 0 aliphatic carbocycles. The van der Waals surface area contributed by atoms with E-state index < -0.39 is 0 Å². The van der Waals surface area contributed by atoms with Gasteiger partial charge in [0.05, 0.1) is 12.5 Å². The fraction of sp³-hybridized carbons (Fsp3) is 0.350. The number of hydrogen-bond acceptors (Lipinski definition) is 5. The number of piperidine rings is 1. The topological polar surface area (TPSA) is 39.1 Å². The number of nitrogens with zero attached hydrogens (tertiary/aromatic N) is 2. The van der Waals surface area contributed by atoms with Crippen molar-refractivity contribution in [3.05, 3.63) is 60.2 Å². The van der Waals surface area contributed by atoms with Crippen LogP contribution in [0.2, 0.25) is 0 Å². The SMILES string of the molecule is N#CCC1(SS)CCN(Cc2ccc(Nc3ccccc3)cc2)CC1. The van der Waals surface area contributed by atoms with Crippen molar-refractivity contribution in [3.8, 4) is 6.07 Å². The molecule has 130 valence electrons. The Balaban J connectivity index is 1.53. The minimum Gasteiger partial charge on any atom is -0.356 e. The van der Waals surface area contributed by atoms with E-state index in [1.54, 1.807) is 10.8 Å². The van der Waals surface area contributed by atoms with Crippen LogP contribution in [0.1, 0.15) is 24.8 Å². The second-order valence-electron chi connectivity index (χ2n) is 6.57. The number of hydrogen-bond donors (Lipinski definition) is 2. The first-order chi connectivity index (χ1) is 12.2. The van der Waals surface area contributed by atoms with Gasteiger partial charge < -0.3 is 5.32 Å². The van der Waals surface area contributed by atoms with Crippen LogP contribution < -0.4 is 5.32 Å². The average Bonchev–Trinajstić information content (AvgIpc) is 2.66. The third-order valence-corrected chi connectivity index (χ3v) is 6.89. The molecule has 3 rings (SSSR count). The van der Waals surface area contributed by atoms with Crippen LogP contribution >= 0.6 is 22.5 Å². The number of para-hydroxylation sites is 1. The number of nitrogens with one attached hydrogen (secondary N) is 1. The molecule has 1 heterocycles. The van der Waals surface area contributed by atoms with Gasteiger partial charge in [0.2, 0.25) is 0 Å². The third-order valence-electron chi connectivity index (χ3n) is 4.78. The first-order valence-electron chi connectivity index (χ1n) is 8.56. The van der Waals surface area contributed by atoms with E-state index in [0.717, 1.165) is 43.9 Å². The van der Waals surface area contributed by atoms with Crippen molar-refractivity contribution in [2.75, 3.05) is 18.4 Å². The molecule has 0 bridgehead atoms. The molecule has 0 radical (unpaired) electrons. The lowest BCUT2D eigenvalue weighted by atomic mass is 9.92. The molecule has 0 atom stereocenters. The van der Waals surface area contributed by atoms with Gasteiger partial charge in [0.15, 0.2) is 0 Å². The number of rotatable bonds is 6. The van der Waals surface area contributed by atoms with Crippen molar-refractivity contribution < 1.29 is 0 Å². The normalized spacial score (nSPS) is 17.0. The maximum Gasteiger partial charge on any atom is 0.0636 e. The lowest BCUT2D eigenvalue weighted by Gasteiger charge is -2.39. The molecular weight excluding hydrogens is 346 g/mol. The Bertz CT molecular complexity index is 702. The summed E-state index contributed by atoms with van der Waals surface area (Å²) in [5, 5.41) is 12.4. The Morgan fingerprint density at radius 1 is 1.04 bits per heavy atom. The van der Waals surface area contributed by atoms with E-state index in [1.165, 1.54) is 5.56 Å². The lowest BCUT2D eigenvalue weighted by molar-refractivity contribution is 0.194. The van der Waals surface area contributed by atoms with Crippen LogP contribution in [0, 0.1) is 11.3 Å². The molecular formula is C20H23N3S2. The maximum atomic E-state index is 9.03. The Hall–Kier alpha value is -1.61. The fourth-order valence-corrected chi connectivity index (χ4v) is 4.44. The van der Waals surface area contributed by atoms with E-state index in [0.29, 0.717) is 6.42 Å². The zero-order valence-electron chi connectivity index (χ0n) is 14.2. The van der Waals surface area contributed by atoms with Gasteiger partial charge in [0.25, 0.3) is 0 Å². The number of likely N-dealkylation sites (tertiary alicyclic amines) is 1. The molecule has 0 saturated carbocycles.